The number of aromatic nitrogens is 2. The van der Waals surface area contributed by atoms with Crippen LogP contribution in [0.3, 0.4) is 0 Å². The molecule has 0 radical (unpaired) electrons. The standard InChI is InChI=1S/C54H34N2O/c1-6-22-49-43(17-1)44-18-2-7-23-50(44)55(49)41-31-40(32-42(34-41)56-51-24-8-3-19-45(51)46-20-4-9-25-52(46)56)38-16-12-14-36(30-38)35-13-11-15-37(29-35)39-27-28-54-48(33-39)47-21-5-10-26-53(47)57-54/h1-34H. The first-order chi connectivity index (χ1) is 28.2. The molecule has 0 fully saturated rings. The highest BCUT2D eigenvalue weighted by atomic mass is 16.3. The molecule has 0 aliphatic rings. The van der Waals surface area contributed by atoms with Crippen LogP contribution >= 0.6 is 0 Å². The van der Waals surface area contributed by atoms with Gasteiger partial charge in [0.1, 0.15) is 11.2 Å². The highest BCUT2D eigenvalue weighted by molar-refractivity contribution is 6.11. The average molecular weight is 727 g/mol. The summed E-state index contributed by atoms with van der Waals surface area (Å²) in [6, 6.07) is 74.7. The molecular formula is C54H34N2O. The predicted molar refractivity (Wildman–Crippen MR) is 239 cm³/mol. The predicted octanol–water partition coefficient (Wildman–Crippen LogP) is 14.8. The third kappa shape index (κ3) is 4.99. The van der Waals surface area contributed by atoms with Gasteiger partial charge in [0.2, 0.25) is 0 Å². The van der Waals surface area contributed by atoms with Crippen LogP contribution in [0.2, 0.25) is 0 Å². The summed E-state index contributed by atoms with van der Waals surface area (Å²) in [7, 11) is 0. The third-order valence-corrected chi connectivity index (χ3v) is 11.7. The Morgan fingerprint density at radius 1 is 0.246 bits per heavy atom. The molecule has 266 valence electrons. The van der Waals surface area contributed by atoms with Crippen molar-refractivity contribution in [3.63, 3.8) is 0 Å². The summed E-state index contributed by atoms with van der Waals surface area (Å²) in [5, 5.41) is 7.27. The molecule has 9 aromatic carbocycles. The Morgan fingerprint density at radius 3 is 1.12 bits per heavy atom. The smallest absolute Gasteiger partial charge is 0.135 e. The van der Waals surface area contributed by atoms with Gasteiger partial charge in [-0.25, -0.2) is 0 Å². The Labute approximate surface area is 328 Å². The van der Waals surface area contributed by atoms with E-state index in [1.54, 1.807) is 0 Å². The van der Waals surface area contributed by atoms with Crippen molar-refractivity contribution in [2.75, 3.05) is 0 Å². The van der Waals surface area contributed by atoms with Gasteiger partial charge in [-0.3, -0.25) is 0 Å². The van der Waals surface area contributed by atoms with Crippen LogP contribution in [0.25, 0.3) is 110 Å². The van der Waals surface area contributed by atoms with E-state index >= 15 is 0 Å². The number of hydrogen-bond donors (Lipinski definition) is 0. The van der Waals surface area contributed by atoms with Gasteiger partial charge < -0.3 is 13.6 Å². The van der Waals surface area contributed by atoms with E-state index in [4.69, 9.17) is 4.42 Å². The summed E-state index contributed by atoms with van der Waals surface area (Å²) >= 11 is 0. The van der Waals surface area contributed by atoms with Crippen LogP contribution < -0.4 is 0 Å². The summed E-state index contributed by atoms with van der Waals surface area (Å²) in [5.74, 6) is 0. The molecular weight excluding hydrogens is 693 g/mol. The van der Waals surface area contributed by atoms with Gasteiger partial charge in [0, 0.05) is 43.7 Å². The molecule has 0 saturated carbocycles. The fourth-order valence-corrected chi connectivity index (χ4v) is 9.08. The highest BCUT2D eigenvalue weighted by Gasteiger charge is 2.18. The zero-order valence-electron chi connectivity index (χ0n) is 30.9. The van der Waals surface area contributed by atoms with Gasteiger partial charge in [-0.1, -0.05) is 133 Å². The minimum atomic E-state index is 0.909. The molecule has 0 saturated heterocycles. The van der Waals surface area contributed by atoms with Crippen molar-refractivity contribution in [1.29, 1.82) is 0 Å². The second-order valence-electron chi connectivity index (χ2n) is 14.9. The second-order valence-corrected chi connectivity index (χ2v) is 14.9. The molecule has 12 aromatic rings. The average Bonchev–Trinajstić information content (AvgIpc) is 3.94. The molecule has 3 heterocycles. The summed E-state index contributed by atoms with van der Waals surface area (Å²) in [6.07, 6.45) is 0. The van der Waals surface area contributed by atoms with E-state index in [0.29, 0.717) is 0 Å². The fraction of sp³-hybridized carbons (Fsp3) is 0. The molecule has 0 spiro atoms. The zero-order chi connectivity index (χ0) is 37.5. The number of rotatable bonds is 5. The molecule has 0 atom stereocenters. The lowest BCUT2D eigenvalue weighted by Crippen LogP contribution is -2.00. The molecule has 0 N–H and O–H groups in total. The minimum absolute atomic E-state index is 0.909. The van der Waals surface area contributed by atoms with Crippen LogP contribution in [0, 0.1) is 0 Å². The van der Waals surface area contributed by atoms with E-state index in [0.717, 1.165) is 44.4 Å². The maximum absolute atomic E-state index is 6.14. The Kier molecular flexibility index (Phi) is 6.93. The quantitative estimate of drug-likeness (QED) is 0.173. The van der Waals surface area contributed by atoms with Gasteiger partial charge in [-0.2, -0.15) is 0 Å². The second kappa shape index (κ2) is 12.5. The van der Waals surface area contributed by atoms with Crippen LogP contribution in [0.1, 0.15) is 0 Å². The number of benzene rings is 9. The van der Waals surface area contributed by atoms with Gasteiger partial charge in [-0.05, 0) is 106 Å². The molecule has 0 bridgehead atoms. The van der Waals surface area contributed by atoms with Crippen molar-refractivity contribution in [2.45, 2.75) is 0 Å². The molecule has 3 aromatic heterocycles. The molecule has 12 rings (SSSR count). The van der Waals surface area contributed by atoms with Crippen LogP contribution in [0.5, 0.6) is 0 Å². The monoisotopic (exact) mass is 726 g/mol. The van der Waals surface area contributed by atoms with E-state index in [2.05, 4.69) is 203 Å². The zero-order valence-corrected chi connectivity index (χ0v) is 30.9. The summed E-state index contributed by atoms with van der Waals surface area (Å²) < 4.78 is 11.0. The van der Waals surface area contributed by atoms with Crippen molar-refractivity contribution in [2.24, 2.45) is 0 Å². The first-order valence-corrected chi connectivity index (χ1v) is 19.5. The maximum Gasteiger partial charge on any atom is 0.135 e. The van der Waals surface area contributed by atoms with Crippen LogP contribution in [0.4, 0.5) is 0 Å². The lowest BCUT2D eigenvalue weighted by atomic mass is 9.95. The fourth-order valence-electron chi connectivity index (χ4n) is 9.08. The van der Waals surface area contributed by atoms with Crippen molar-refractivity contribution >= 4 is 65.6 Å². The molecule has 0 aliphatic heterocycles. The molecule has 3 heteroatoms. The topological polar surface area (TPSA) is 23.0 Å². The van der Waals surface area contributed by atoms with Gasteiger partial charge in [0.05, 0.1) is 22.1 Å². The van der Waals surface area contributed by atoms with Gasteiger partial charge >= 0.3 is 0 Å². The lowest BCUT2D eigenvalue weighted by Gasteiger charge is -2.16. The summed E-state index contributed by atoms with van der Waals surface area (Å²) in [6.45, 7) is 0. The molecule has 0 unspecified atom stereocenters. The number of fused-ring (bicyclic) bond motifs is 9. The number of hydrogen-bond acceptors (Lipinski definition) is 1. The Morgan fingerprint density at radius 2 is 0.632 bits per heavy atom. The van der Waals surface area contributed by atoms with Gasteiger partial charge in [-0.15, -0.1) is 0 Å². The van der Waals surface area contributed by atoms with Gasteiger partial charge in [0.15, 0.2) is 0 Å². The summed E-state index contributed by atoms with van der Waals surface area (Å²) in [4.78, 5) is 0. The minimum Gasteiger partial charge on any atom is -0.456 e. The normalized spacial score (nSPS) is 11.9. The van der Waals surface area contributed by atoms with Crippen molar-refractivity contribution in [1.82, 2.24) is 9.13 Å². The van der Waals surface area contributed by atoms with Crippen molar-refractivity contribution in [3.05, 3.63) is 206 Å². The first kappa shape index (κ1) is 31.7. The van der Waals surface area contributed by atoms with Crippen LogP contribution in [-0.4, -0.2) is 9.13 Å². The number of furan rings is 1. The van der Waals surface area contributed by atoms with Crippen LogP contribution in [0.15, 0.2) is 211 Å². The number of nitrogens with zero attached hydrogens (tertiary/aromatic N) is 2. The molecule has 0 aliphatic carbocycles. The summed E-state index contributed by atoms with van der Waals surface area (Å²) in [5.41, 5.74) is 15.8. The lowest BCUT2D eigenvalue weighted by molar-refractivity contribution is 0.669. The SMILES string of the molecule is c1cc(-c2cccc(-c3ccc4oc5ccccc5c4c3)c2)cc(-c2cc(-n3c4ccccc4c4ccccc43)cc(-n3c4ccccc4c4ccccc43)c2)c1. The molecule has 57 heavy (non-hydrogen) atoms. The van der Waals surface area contributed by atoms with Crippen molar-refractivity contribution in [3.8, 4) is 44.8 Å². The van der Waals surface area contributed by atoms with E-state index in [9.17, 15) is 0 Å². The Hall–Kier alpha value is -7.62. The maximum atomic E-state index is 6.14. The van der Waals surface area contributed by atoms with E-state index in [1.165, 1.54) is 65.9 Å². The van der Waals surface area contributed by atoms with Crippen molar-refractivity contribution < 1.29 is 4.42 Å². The molecule has 0 amide bonds. The Balaban J connectivity index is 1.05. The third-order valence-electron chi connectivity index (χ3n) is 11.7. The van der Waals surface area contributed by atoms with E-state index < -0.39 is 0 Å². The highest BCUT2D eigenvalue weighted by Crippen LogP contribution is 2.39. The first-order valence-electron chi connectivity index (χ1n) is 19.5. The Bertz CT molecular complexity index is 3300. The number of para-hydroxylation sites is 5. The largest absolute Gasteiger partial charge is 0.456 e. The molecule has 3 nitrogen and oxygen atoms in total. The van der Waals surface area contributed by atoms with Gasteiger partial charge in [0.25, 0.3) is 0 Å². The van der Waals surface area contributed by atoms with E-state index in [1.807, 2.05) is 12.1 Å². The van der Waals surface area contributed by atoms with Crippen LogP contribution in [-0.2, 0) is 0 Å². The van der Waals surface area contributed by atoms with E-state index in [-0.39, 0.29) is 0 Å².